The van der Waals surface area contributed by atoms with Gasteiger partial charge in [-0.15, -0.1) is 10.2 Å². The van der Waals surface area contributed by atoms with Gasteiger partial charge in [0.05, 0.1) is 6.54 Å². The van der Waals surface area contributed by atoms with Crippen molar-refractivity contribution in [2.45, 2.75) is 6.54 Å². The summed E-state index contributed by atoms with van der Waals surface area (Å²) < 4.78 is 0. The molecule has 0 fully saturated rings. The summed E-state index contributed by atoms with van der Waals surface area (Å²) in [5.74, 6) is 0.246. The molecule has 0 radical (unpaired) electrons. The largest absolute Gasteiger partial charge is 0.351 e. The molecule has 7 heteroatoms. The van der Waals surface area contributed by atoms with Crippen molar-refractivity contribution in [3.05, 3.63) is 41.9 Å². The van der Waals surface area contributed by atoms with E-state index in [1.54, 1.807) is 6.07 Å². The lowest BCUT2D eigenvalue weighted by atomic mass is 10.2. The third-order valence-electron chi connectivity index (χ3n) is 2.57. The van der Waals surface area contributed by atoms with Crippen LogP contribution in [0.5, 0.6) is 0 Å². The maximum Gasteiger partial charge on any atom is 0.268 e. The van der Waals surface area contributed by atoms with Crippen LogP contribution >= 0.6 is 0 Å². The van der Waals surface area contributed by atoms with E-state index in [2.05, 4.69) is 30.9 Å². The maximum absolute atomic E-state index is 11.9. The van der Waals surface area contributed by atoms with Crippen LogP contribution in [0.15, 0.2) is 30.3 Å². The van der Waals surface area contributed by atoms with Gasteiger partial charge in [0, 0.05) is 10.9 Å². The Morgan fingerprint density at radius 2 is 2.22 bits per heavy atom. The van der Waals surface area contributed by atoms with E-state index >= 15 is 0 Å². The average Bonchev–Trinajstić information content (AvgIpc) is 3.04. The second kappa shape index (κ2) is 4.28. The van der Waals surface area contributed by atoms with E-state index in [9.17, 15) is 4.79 Å². The number of para-hydroxylation sites is 1. The van der Waals surface area contributed by atoms with E-state index in [1.807, 2.05) is 24.3 Å². The van der Waals surface area contributed by atoms with Gasteiger partial charge < -0.3 is 10.3 Å². The first-order chi connectivity index (χ1) is 8.83. The molecule has 3 aromatic rings. The van der Waals surface area contributed by atoms with E-state index in [-0.39, 0.29) is 12.5 Å². The second-order valence-corrected chi connectivity index (χ2v) is 3.78. The summed E-state index contributed by atoms with van der Waals surface area (Å²) in [5, 5.41) is 17.0. The van der Waals surface area contributed by atoms with Crippen LogP contribution in [-0.2, 0) is 6.54 Å². The molecule has 3 N–H and O–H groups in total. The molecule has 1 amide bonds. The number of benzene rings is 1. The molecule has 0 saturated heterocycles. The van der Waals surface area contributed by atoms with Gasteiger partial charge in [0.15, 0.2) is 5.82 Å². The highest BCUT2D eigenvalue weighted by Crippen LogP contribution is 2.14. The summed E-state index contributed by atoms with van der Waals surface area (Å²) >= 11 is 0. The topological polar surface area (TPSA) is 99.3 Å². The van der Waals surface area contributed by atoms with Crippen molar-refractivity contribution in [1.29, 1.82) is 0 Å². The Balaban J connectivity index is 1.75. The molecule has 0 atom stereocenters. The standard InChI is InChI=1S/C11H10N6O/c18-11(12-6-10-14-16-17-15-10)9-5-7-3-1-2-4-8(7)13-9/h1-5,13H,6H2,(H,12,18)(H,14,15,16,17). The van der Waals surface area contributed by atoms with Crippen molar-refractivity contribution >= 4 is 16.8 Å². The van der Waals surface area contributed by atoms with Crippen molar-refractivity contribution < 1.29 is 4.79 Å². The normalized spacial score (nSPS) is 10.7. The molecule has 2 aromatic heterocycles. The van der Waals surface area contributed by atoms with Crippen LogP contribution in [0, 0.1) is 0 Å². The number of nitrogens with one attached hydrogen (secondary N) is 3. The molecule has 3 rings (SSSR count). The smallest absolute Gasteiger partial charge is 0.268 e. The van der Waals surface area contributed by atoms with E-state index in [0.29, 0.717) is 11.5 Å². The molecule has 0 aliphatic rings. The van der Waals surface area contributed by atoms with Crippen LogP contribution in [-0.4, -0.2) is 31.5 Å². The van der Waals surface area contributed by atoms with Crippen molar-refractivity contribution in [2.75, 3.05) is 0 Å². The molecule has 7 nitrogen and oxygen atoms in total. The zero-order valence-electron chi connectivity index (χ0n) is 9.34. The van der Waals surface area contributed by atoms with Gasteiger partial charge in [0.25, 0.3) is 5.91 Å². The number of aromatic amines is 2. The first-order valence-electron chi connectivity index (χ1n) is 5.41. The lowest BCUT2D eigenvalue weighted by molar-refractivity contribution is 0.0945. The van der Waals surface area contributed by atoms with Crippen LogP contribution in [0.2, 0.25) is 0 Å². The van der Waals surface area contributed by atoms with Crippen molar-refractivity contribution in [1.82, 2.24) is 30.9 Å². The van der Waals surface area contributed by atoms with Crippen molar-refractivity contribution in [3.63, 3.8) is 0 Å². The highest BCUT2D eigenvalue weighted by molar-refractivity contribution is 5.97. The third-order valence-corrected chi connectivity index (χ3v) is 2.57. The number of rotatable bonds is 3. The Hall–Kier alpha value is -2.70. The fourth-order valence-corrected chi connectivity index (χ4v) is 1.71. The van der Waals surface area contributed by atoms with Gasteiger partial charge in [-0.05, 0) is 12.1 Å². The first kappa shape index (κ1) is 10.5. The van der Waals surface area contributed by atoms with Crippen LogP contribution in [0.1, 0.15) is 16.3 Å². The average molecular weight is 242 g/mol. The van der Waals surface area contributed by atoms with Gasteiger partial charge in [-0.3, -0.25) is 4.79 Å². The predicted octanol–water partition coefficient (Wildman–Crippen LogP) is 0.611. The summed E-state index contributed by atoms with van der Waals surface area (Å²) in [4.78, 5) is 14.9. The quantitative estimate of drug-likeness (QED) is 0.626. The molecule has 0 aliphatic heterocycles. The monoisotopic (exact) mass is 242 g/mol. The molecule has 0 aliphatic carbocycles. The molecule has 90 valence electrons. The van der Waals surface area contributed by atoms with Crippen LogP contribution in [0.25, 0.3) is 10.9 Å². The summed E-state index contributed by atoms with van der Waals surface area (Å²) in [6.07, 6.45) is 0. The number of fused-ring (bicyclic) bond motifs is 1. The second-order valence-electron chi connectivity index (χ2n) is 3.78. The van der Waals surface area contributed by atoms with Gasteiger partial charge in [0.1, 0.15) is 5.69 Å². The van der Waals surface area contributed by atoms with Gasteiger partial charge in [0.2, 0.25) is 0 Å². The SMILES string of the molecule is O=C(NCc1nn[nH]n1)c1cc2ccccc2[nH]1. The number of carbonyl (C=O) groups is 1. The molecular formula is C11H10N6O. The number of hydrogen-bond donors (Lipinski definition) is 3. The first-order valence-corrected chi connectivity index (χ1v) is 5.41. The van der Waals surface area contributed by atoms with E-state index in [0.717, 1.165) is 10.9 Å². The summed E-state index contributed by atoms with van der Waals surface area (Å²) in [5.41, 5.74) is 1.45. The van der Waals surface area contributed by atoms with Crippen molar-refractivity contribution in [2.24, 2.45) is 0 Å². The lowest BCUT2D eigenvalue weighted by Crippen LogP contribution is -2.23. The Kier molecular flexibility index (Phi) is 2.49. The molecule has 18 heavy (non-hydrogen) atoms. The zero-order chi connectivity index (χ0) is 12.4. The predicted molar refractivity (Wildman–Crippen MR) is 63.6 cm³/mol. The van der Waals surface area contributed by atoms with E-state index in [4.69, 9.17) is 0 Å². The Labute approximate surface area is 102 Å². The molecular weight excluding hydrogens is 232 g/mol. The molecule has 0 spiro atoms. The van der Waals surface area contributed by atoms with Crippen LogP contribution < -0.4 is 5.32 Å². The molecule has 0 bridgehead atoms. The number of aromatic nitrogens is 5. The lowest BCUT2D eigenvalue weighted by Gasteiger charge is -1.98. The van der Waals surface area contributed by atoms with Crippen LogP contribution in [0.3, 0.4) is 0 Å². The maximum atomic E-state index is 11.9. The van der Waals surface area contributed by atoms with Crippen LogP contribution in [0.4, 0.5) is 0 Å². The number of tetrazole rings is 1. The highest BCUT2D eigenvalue weighted by atomic mass is 16.1. The fraction of sp³-hybridized carbons (Fsp3) is 0.0909. The zero-order valence-corrected chi connectivity index (χ0v) is 9.34. The van der Waals surface area contributed by atoms with Gasteiger partial charge in [-0.2, -0.15) is 5.21 Å². The van der Waals surface area contributed by atoms with Gasteiger partial charge in [-0.1, -0.05) is 23.4 Å². The minimum atomic E-state index is -0.198. The Bertz CT molecular complexity index is 639. The van der Waals surface area contributed by atoms with Gasteiger partial charge >= 0.3 is 0 Å². The summed E-state index contributed by atoms with van der Waals surface area (Å²) in [6, 6.07) is 9.52. The number of nitrogens with zero attached hydrogens (tertiary/aromatic N) is 3. The fourth-order valence-electron chi connectivity index (χ4n) is 1.71. The minimum Gasteiger partial charge on any atom is -0.351 e. The van der Waals surface area contributed by atoms with Gasteiger partial charge in [-0.25, -0.2) is 0 Å². The molecule has 2 heterocycles. The highest BCUT2D eigenvalue weighted by Gasteiger charge is 2.09. The van der Waals surface area contributed by atoms with E-state index in [1.165, 1.54) is 0 Å². The minimum absolute atomic E-state index is 0.198. The number of amides is 1. The van der Waals surface area contributed by atoms with E-state index < -0.39 is 0 Å². The molecule has 0 saturated carbocycles. The summed E-state index contributed by atoms with van der Waals surface area (Å²) in [7, 11) is 0. The van der Waals surface area contributed by atoms with Crippen molar-refractivity contribution in [3.8, 4) is 0 Å². The Morgan fingerprint density at radius 3 is 3.00 bits per heavy atom. The number of H-pyrrole nitrogens is 2. The Morgan fingerprint density at radius 1 is 1.33 bits per heavy atom. The number of hydrogen-bond acceptors (Lipinski definition) is 4. The molecule has 1 aromatic carbocycles. The third kappa shape index (κ3) is 1.93. The molecule has 0 unspecified atom stereocenters. The number of carbonyl (C=O) groups excluding carboxylic acids is 1. The summed E-state index contributed by atoms with van der Waals surface area (Å²) in [6.45, 7) is 0.241.